The molecule has 0 radical (unpaired) electrons. The van der Waals surface area contributed by atoms with Crippen LogP contribution in [0.15, 0.2) is 66.1 Å². The summed E-state index contributed by atoms with van der Waals surface area (Å²) in [7, 11) is 0. The minimum atomic E-state index is -0.168. The fourth-order valence-electron chi connectivity index (χ4n) is 2.25. The molecule has 4 heteroatoms. The van der Waals surface area contributed by atoms with Crippen molar-refractivity contribution in [3.63, 3.8) is 0 Å². The van der Waals surface area contributed by atoms with Crippen LogP contribution >= 0.6 is 11.3 Å². The van der Waals surface area contributed by atoms with Crippen LogP contribution in [-0.2, 0) is 4.79 Å². The summed E-state index contributed by atoms with van der Waals surface area (Å²) < 4.78 is 0. The van der Waals surface area contributed by atoms with Crippen molar-refractivity contribution in [3.05, 3.63) is 76.8 Å². The molecule has 114 valence electrons. The zero-order valence-corrected chi connectivity index (χ0v) is 13.5. The molecule has 0 fully saturated rings. The van der Waals surface area contributed by atoms with Gasteiger partial charge in [-0.3, -0.25) is 4.79 Å². The molecule has 1 aromatic heterocycles. The molecule has 0 unspecified atom stereocenters. The largest absolute Gasteiger partial charge is 0.322 e. The minimum absolute atomic E-state index is 0.168. The average molecular weight is 320 g/mol. The molecule has 0 bridgehead atoms. The number of anilines is 1. The highest BCUT2D eigenvalue weighted by atomic mass is 32.1. The van der Waals surface area contributed by atoms with Gasteiger partial charge in [0.15, 0.2) is 0 Å². The van der Waals surface area contributed by atoms with E-state index in [0.717, 1.165) is 27.5 Å². The number of nitrogens with one attached hydrogen (secondary N) is 1. The van der Waals surface area contributed by atoms with Crippen molar-refractivity contribution in [3.8, 4) is 11.1 Å². The van der Waals surface area contributed by atoms with Crippen molar-refractivity contribution in [1.29, 1.82) is 0 Å². The van der Waals surface area contributed by atoms with Crippen LogP contribution in [0.5, 0.6) is 0 Å². The zero-order chi connectivity index (χ0) is 16.1. The molecule has 3 nitrogen and oxygen atoms in total. The highest BCUT2D eigenvalue weighted by molar-refractivity contribution is 7.09. The number of hydrogen-bond acceptors (Lipinski definition) is 3. The molecule has 0 aliphatic heterocycles. The Labute approximate surface area is 139 Å². The van der Waals surface area contributed by atoms with Gasteiger partial charge in [-0.1, -0.05) is 48.5 Å². The molecule has 3 rings (SSSR count). The first-order chi connectivity index (χ1) is 11.2. The van der Waals surface area contributed by atoms with Gasteiger partial charge >= 0.3 is 0 Å². The molecular formula is C19H16N2OS. The van der Waals surface area contributed by atoms with Crippen molar-refractivity contribution in [2.45, 2.75) is 6.92 Å². The van der Waals surface area contributed by atoms with Gasteiger partial charge in [-0.2, -0.15) is 0 Å². The lowest BCUT2D eigenvalue weighted by Gasteiger charge is -2.09. The molecule has 1 amide bonds. The van der Waals surface area contributed by atoms with Gasteiger partial charge in [0.1, 0.15) is 0 Å². The third-order valence-corrected chi connectivity index (χ3v) is 4.10. The Morgan fingerprint density at radius 2 is 1.83 bits per heavy atom. The third-order valence-electron chi connectivity index (χ3n) is 3.31. The van der Waals surface area contributed by atoms with Crippen LogP contribution in [0.2, 0.25) is 0 Å². The molecule has 2 aromatic carbocycles. The molecule has 0 saturated carbocycles. The molecule has 23 heavy (non-hydrogen) atoms. The second kappa shape index (κ2) is 7.03. The van der Waals surface area contributed by atoms with Gasteiger partial charge in [0.25, 0.3) is 0 Å². The number of hydrogen-bond donors (Lipinski definition) is 1. The molecular weight excluding hydrogens is 304 g/mol. The van der Waals surface area contributed by atoms with E-state index in [0.29, 0.717) is 0 Å². The molecule has 0 spiro atoms. The lowest BCUT2D eigenvalue weighted by Crippen LogP contribution is -2.08. The van der Waals surface area contributed by atoms with E-state index < -0.39 is 0 Å². The van der Waals surface area contributed by atoms with Crippen LogP contribution in [0.1, 0.15) is 10.7 Å². The molecule has 0 saturated heterocycles. The van der Waals surface area contributed by atoms with E-state index in [2.05, 4.69) is 10.3 Å². The van der Waals surface area contributed by atoms with Crippen molar-refractivity contribution < 1.29 is 4.79 Å². The van der Waals surface area contributed by atoms with E-state index in [4.69, 9.17) is 0 Å². The van der Waals surface area contributed by atoms with Crippen LogP contribution in [-0.4, -0.2) is 10.9 Å². The standard InChI is InChI=1S/C19H16N2OS/c1-14-20-16(13-23-14)11-12-19(22)21-18-10-6-5-9-17(18)15-7-3-2-4-8-15/h2-13H,1H3,(H,21,22)/b12-11+. The van der Waals surface area contributed by atoms with Crippen molar-refractivity contribution in [2.24, 2.45) is 0 Å². The predicted molar refractivity (Wildman–Crippen MR) is 96.4 cm³/mol. The predicted octanol–water partition coefficient (Wildman–Crippen LogP) is 4.77. The van der Waals surface area contributed by atoms with Gasteiger partial charge in [0.2, 0.25) is 5.91 Å². The Morgan fingerprint density at radius 3 is 2.57 bits per heavy atom. The molecule has 1 heterocycles. The number of aryl methyl sites for hydroxylation is 1. The fraction of sp³-hybridized carbons (Fsp3) is 0.0526. The average Bonchev–Trinajstić information content (AvgIpc) is 3.00. The van der Waals surface area contributed by atoms with Crippen LogP contribution in [0.3, 0.4) is 0 Å². The number of amides is 1. The molecule has 0 atom stereocenters. The molecule has 1 N–H and O–H groups in total. The second-order valence-electron chi connectivity index (χ2n) is 5.03. The Kier molecular flexibility index (Phi) is 4.64. The van der Waals surface area contributed by atoms with Gasteiger partial charge in [0, 0.05) is 22.7 Å². The number of carbonyl (C=O) groups excluding carboxylic acids is 1. The van der Waals surface area contributed by atoms with Crippen LogP contribution in [0, 0.1) is 6.92 Å². The van der Waals surface area contributed by atoms with E-state index in [1.165, 1.54) is 6.08 Å². The van der Waals surface area contributed by atoms with Crippen LogP contribution < -0.4 is 5.32 Å². The van der Waals surface area contributed by atoms with Gasteiger partial charge in [-0.05, 0) is 24.6 Å². The van der Waals surface area contributed by atoms with Gasteiger partial charge in [-0.15, -0.1) is 11.3 Å². The fourth-order valence-corrected chi connectivity index (χ4v) is 2.83. The first kappa shape index (κ1) is 15.2. The van der Waals surface area contributed by atoms with Crippen molar-refractivity contribution in [2.75, 3.05) is 5.32 Å². The summed E-state index contributed by atoms with van der Waals surface area (Å²) in [5.74, 6) is -0.168. The van der Waals surface area contributed by atoms with E-state index in [1.54, 1.807) is 17.4 Å². The number of thiazole rings is 1. The highest BCUT2D eigenvalue weighted by Crippen LogP contribution is 2.27. The summed E-state index contributed by atoms with van der Waals surface area (Å²) >= 11 is 1.57. The van der Waals surface area contributed by atoms with E-state index >= 15 is 0 Å². The first-order valence-corrected chi connectivity index (χ1v) is 8.16. The Hall–Kier alpha value is -2.72. The molecule has 0 aliphatic rings. The summed E-state index contributed by atoms with van der Waals surface area (Å²) in [6, 6.07) is 17.8. The van der Waals surface area contributed by atoms with Gasteiger partial charge < -0.3 is 5.32 Å². The van der Waals surface area contributed by atoms with Crippen molar-refractivity contribution >= 4 is 29.0 Å². The summed E-state index contributed by atoms with van der Waals surface area (Å²) in [6.45, 7) is 1.94. The minimum Gasteiger partial charge on any atom is -0.322 e. The maximum absolute atomic E-state index is 12.2. The number of carbonyl (C=O) groups is 1. The van der Waals surface area contributed by atoms with Crippen LogP contribution in [0.4, 0.5) is 5.69 Å². The summed E-state index contributed by atoms with van der Waals surface area (Å²) in [5, 5.41) is 5.85. The number of benzene rings is 2. The topological polar surface area (TPSA) is 42.0 Å². The number of rotatable bonds is 4. The second-order valence-corrected chi connectivity index (χ2v) is 6.09. The number of nitrogens with zero attached hydrogens (tertiary/aromatic N) is 1. The van der Waals surface area contributed by atoms with Gasteiger partial charge in [-0.25, -0.2) is 4.98 Å². The van der Waals surface area contributed by atoms with Crippen LogP contribution in [0.25, 0.3) is 17.2 Å². The Balaban J connectivity index is 1.78. The van der Waals surface area contributed by atoms with E-state index in [-0.39, 0.29) is 5.91 Å². The monoisotopic (exact) mass is 320 g/mol. The lowest BCUT2D eigenvalue weighted by molar-refractivity contribution is -0.111. The summed E-state index contributed by atoms with van der Waals surface area (Å²) in [4.78, 5) is 16.5. The lowest BCUT2D eigenvalue weighted by atomic mass is 10.0. The Morgan fingerprint density at radius 1 is 1.09 bits per heavy atom. The van der Waals surface area contributed by atoms with Crippen molar-refractivity contribution in [1.82, 2.24) is 4.98 Å². The zero-order valence-electron chi connectivity index (χ0n) is 12.7. The van der Waals surface area contributed by atoms with E-state index in [1.807, 2.05) is 66.9 Å². The number of aromatic nitrogens is 1. The number of para-hydroxylation sites is 1. The third kappa shape index (κ3) is 3.93. The maximum atomic E-state index is 12.2. The molecule has 0 aliphatic carbocycles. The highest BCUT2D eigenvalue weighted by Gasteiger charge is 2.06. The SMILES string of the molecule is Cc1nc(/C=C/C(=O)Nc2ccccc2-c2ccccc2)cs1. The summed E-state index contributed by atoms with van der Waals surface area (Å²) in [5.41, 5.74) is 3.67. The van der Waals surface area contributed by atoms with Gasteiger partial charge in [0.05, 0.1) is 10.7 Å². The summed E-state index contributed by atoms with van der Waals surface area (Å²) in [6.07, 6.45) is 3.24. The quantitative estimate of drug-likeness (QED) is 0.704. The normalized spacial score (nSPS) is 10.8. The molecule has 3 aromatic rings. The smallest absolute Gasteiger partial charge is 0.248 e. The first-order valence-electron chi connectivity index (χ1n) is 7.28. The maximum Gasteiger partial charge on any atom is 0.248 e. The Bertz CT molecular complexity index is 837. The van der Waals surface area contributed by atoms with E-state index in [9.17, 15) is 4.79 Å².